The first-order valence-electron chi connectivity index (χ1n) is 8.28. The summed E-state index contributed by atoms with van der Waals surface area (Å²) < 4.78 is 10.8. The van der Waals surface area contributed by atoms with Crippen molar-refractivity contribution >= 4 is 11.9 Å². The van der Waals surface area contributed by atoms with E-state index in [2.05, 4.69) is 0 Å². The Morgan fingerprint density at radius 2 is 1.05 bits per heavy atom. The molecular weight excluding hydrogens is 268 g/mol. The third-order valence-corrected chi connectivity index (χ3v) is 3.70. The fourth-order valence-corrected chi connectivity index (χ4v) is 2.33. The maximum Gasteiger partial charge on any atom is 0.308 e. The molecule has 0 atom stereocenters. The first kappa shape index (κ1) is 18.0. The lowest BCUT2D eigenvalue weighted by Crippen LogP contribution is -2.36. The Kier molecular flexibility index (Phi) is 7.76. The van der Waals surface area contributed by atoms with Gasteiger partial charge in [0.15, 0.2) is 0 Å². The summed E-state index contributed by atoms with van der Waals surface area (Å²) in [6.07, 6.45) is 8.62. The summed E-state index contributed by atoms with van der Waals surface area (Å²) in [5, 5.41) is 0. The third-order valence-electron chi connectivity index (χ3n) is 3.70. The van der Waals surface area contributed by atoms with Crippen LogP contribution in [0.1, 0.15) is 85.0 Å². The van der Waals surface area contributed by atoms with Crippen LogP contribution in [0.3, 0.4) is 0 Å². The summed E-state index contributed by atoms with van der Waals surface area (Å²) in [5.74, 6) is -0.532. The number of hydrogen-bond donors (Lipinski definition) is 0. The molecule has 1 aliphatic heterocycles. The Labute approximate surface area is 128 Å². The Morgan fingerprint density at radius 3 is 1.38 bits per heavy atom. The Hall–Kier alpha value is -1.06. The highest BCUT2D eigenvalue weighted by Crippen LogP contribution is 2.25. The van der Waals surface area contributed by atoms with Crippen molar-refractivity contribution in [1.29, 1.82) is 0 Å². The zero-order valence-corrected chi connectivity index (χ0v) is 13.8. The minimum atomic E-state index is -0.789. The van der Waals surface area contributed by atoms with E-state index in [-0.39, 0.29) is 11.9 Å². The number of hydrogen-bond acceptors (Lipinski definition) is 4. The van der Waals surface area contributed by atoms with Crippen molar-refractivity contribution in [3.05, 3.63) is 0 Å². The van der Waals surface area contributed by atoms with Gasteiger partial charge in [-0.25, -0.2) is 0 Å². The van der Waals surface area contributed by atoms with Crippen LogP contribution in [0.15, 0.2) is 0 Å². The predicted octanol–water partition coefficient (Wildman–Crippen LogP) is 4.36. The highest BCUT2D eigenvalue weighted by Gasteiger charge is 2.31. The summed E-state index contributed by atoms with van der Waals surface area (Å²) in [7, 11) is 0. The van der Waals surface area contributed by atoms with E-state index in [9.17, 15) is 9.59 Å². The molecule has 0 unspecified atom stereocenters. The minimum absolute atomic E-state index is 0.266. The van der Waals surface area contributed by atoms with Crippen LogP contribution in [-0.2, 0) is 19.1 Å². The van der Waals surface area contributed by atoms with E-state index in [1.54, 1.807) is 0 Å². The Balaban J connectivity index is 2.61. The Morgan fingerprint density at radius 1 is 0.714 bits per heavy atom. The fraction of sp³-hybridized carbons (Fsp3) is 0.882. The quantitative estimate of drug-likeness (QED) is 0.623. The minimum Gasteiger partial charge on any atom is -0.425 e. The third kappa shape index (κ3) is 8.08. The molecule has 0 aromatic rings. The van der Waals surface area contributed by atoms with Gasteiger partial charge < -0.3 is 9.47 Å². The highest BCUT2D eigenvalue weighted by molar-refractivity contribution is 5.71. The lowest BCUT2D eigenvalue weighted by atomic mass is 9.96. The molecule has 4 nitrogen and oxygen atoms in total. The largest absolute Gasteiger partial charge is 0.425 e. The summed E-state index contributed by atoms with van der Waals surface area (Å²) in [6.45, 7) is 5.73. The molecule has 1 fully saturated rings. The van der Waals surface area contributed by atoms with E-state index >= 15 is 0 Å². The van der Waals surface area contributed by atoms with Crippen molar-refractivity contribution in [2.45, 2.75) is 91.3 Å². The van der Waals surface area contributed by atoms with Crippen molar-refractivity contribution in [2.24, 2.45) is 5.41 Å². The monoisotopic (exact) mass is 298 g/mol. The van der Waals surface area contributed by atoms with E-state index in [0.29, 0.717) is 12.8 Å². The molecule has 0 saturated carbocycles. The number of cyclic esters (lactones) is 2. The molecular formula is C17H30O4. The molecule has 0 aromatic carbocycles. The SMILES string of the molecule is CC(C)(C)C1OC(=O)CCCCCCCCCCC(=O)O1. The first-order chi connectivity index (χ1) is 9.89. The second-order valence-corrected chi connectivity index (χ2v) is 7.01. The molecule has 0 radical (unpaired) electrons. The van der Waals surface area contributed by atoms with Gasteiger partial charge in [-0.1, -0.05) is 59.3 Å². The highest BCUT2D eigenvalue weighted by atomic mass is 16.7. The van der Waals surface area contributed by atoms with Crippen LogP contribution in [-0.4, -0.2) is 18.2 Å². The zero-order valence-electron chi connectivity index (χ0n) is 13.8. The fourth-order valence-electron chi connectivity index (χ4n) is 2.33. The molecule has 122 valence electrons. The molecule has 0 N–H and O–H groups in total. The van der Waals surface area contributed by atoms with Crippen LogP contribution in [0, 0.1) is 5.41 Å². The van der Waals surface area contributed by atoms with E-state index in [0.717, 1.165) is 25.7 Å². The van der Waals surface area contributed by atoms with E-state index < -0.39 is 11.7 Å². The number of carbonyl (C=O) groups is 2. The number of ether oxygens (including phenoxy) is 2. The van der Waals surface area contributed by atoms with E-state index in [4.69, 9.17) is 9.47 Å². The molecule has 0 bridgehead atoms. The van der Waals surface area contributed by atoms with Crippen LogP contribution in [0.25, 0.3) is 0 Å². The van der Waals surface area contributed by atoms with Crippen molar-refractivity contribution in [1.82, 2.24) is 0 Å². The lowest BCUT2D eigenvalue weighted by molar-refractivity contribution is -0.207. The van der Waals surface area contributed by atoms with Crippen LogP contribution < -0.4 is 0 Å². The first-order valence-corrected chi connectivity index (χ1v) is 8.28. The molecule has 1 rings (SSSR count). The van der Waals surface area contributed by atoms with Gasteiger partial charge in [0.2, 0.25) is 0 Å². The van der Waals surface area contributed by atoms with E-state index in [1.165, 1.54) is 25.7 Å². The van der Waals surface area contributed by atoms with Crippen molar-refractivity contribution in [3.8, 4) is 0 Å². The molecule has 1 heterocycles. The Bertz CT molecular complexity index is 304. The van der Waals surface area contributed by atoms with Gasteiger partial charge in [-0.2, -0.15) is 0 Å². The molecule has 1 aliphatic rings. The molecule has 1 saturated heterocycles. The van der Waals surface area contributed by atoms with Gasteiger partial charge in [0.05, 0.1) is 0 Å². The van der Waals surface area contributed by atoms with Crippen molar-refractivity contribution in [3.63, 3.8) is 0 Å². The average Bonchev–Trinajstić information content (AvgIpc) is 2.38. The second-order valence-electron chi connectivity index (χ2n) is 7.01. The second kappa shape index (κ2) is 9.06. The summed E-state index contributed by atoms with van der Waals surface area (Å²) in [6, 6.07) is 0. The van der Waals surface area contributed by atoms with Gasteiger partial charge in [-0.3, -0.25) is 9.59 Å². The number of carbonyl (C=O) groups excluding carboxylic acids is 2. The van der Waals surface area contributed by atoms with Crippen LogP contribution in [0.5, 0.6) is 0 Å². The van der Waals surface area contributed by atoms with Crippen molar-refractivity contribution < 1.29 is 19.1 Å². The normalized spacial score (nSPS) is 21.9. The zero-order chi connectivity index (χ0) is 15.7. The molecule has 21 heavy (non-hydrogen) atoms. The summed E-state index contributed by atoms with van der Waals surface area (Å²) in [4.78, 5) is 23.7. The summed E-state index contributed by atoms with van der Waals surface area (Å²) in [5.41, 5.74) is -0.403. The number of esters is 2. The van der Waals surface area contributed by atoms with Gasteiger partial charge in [0, 0.05) is 18.3 Å². The number of rotatable bonds is 0. The molecule has 0 aliphatic carbocycles. The smallest absolute Gasteiger partial charge is 0.308 e. The molecule has 0 spiro atoms. The van der Waals surface area contributed by atoms with Crippen LogP contribution >= 0.6 is 0 Å². The van der Waals surface area contributed by atoms with Crippen LogP contribution in [0.2, 0.25) is 0 Å². The van der Waals surface area contributed by atoms with Crippen molar-refractivity contribution in [2.75, 3.05) is 0 Å². The topological polar surface area (TPSA) is 52.6 Å². The average molecular weight is 298 g/mol. The van der Waals surface area contributed by atoms with Gasteiger partial charge in [-0.05, 0) is 12.8 Å². The summed E-state index contributed by atoms with van der Waals surface area (Å²) >= 11 is 0. The van der Waals surface area contributed by atoms with Gasteiger partial charge in [0.25, 0.3) is 6.29 Å². The van der Waals surface area contributed by atoms with Gasteiger partial charge >= 0.3 is 11.9 Å². The molecule has 4 heteroatoms. The maximum absolute atomic E-state index is 11.9. The molecule has 0 amide bonds. The van der Waals surface area contributed by atoms with Gasteiger partial charge in [0.1, 0.15) is 0 Å². The molecule has 0 aromatic heterocycles. The maximum atomic E-state index is 11.9. The lowest BCUT2D eigenvalue weighted by Gasteiger charge is -2.29. The van der Waals surface area contributed by atoms with E-state index in [1.807, 2.05) is 20.8 Å². The predicted molar refractivity (Wildman–Crippen MR) is 81.6 cm³/mol. The van der Waals surface area contributed by atoms with Gasteiger partial charge in [-0.15, -0.1) is 0 Å². The standard InChI is InChI=1S/C17H30O4/c1-17(2,3)16-20-14(18)12-10-8-6-4-5-7-9-11-13-15(19)21-16/h16H,4-13H2,1-3H3. The van der Waals surface area contributed by atoms with Crippen LogP contribution in [0.4, 0.5) is 0 Å².